The summed E-state index contributed by atoms with van der Waals surface area (Å²) >= 11 is 1.25. The standard InChI is InChI=1S/C26H29FN4O4S/c1-7-28-22(32)19-10-16-17(11-31(6)24(33)20(16)29-19)21-23(30-25(36-21)26(4,5)34)35-12-18-13(2)8-15(27)9-14(18)3/h8-11,29,34H,7,12H2,1-6H3,(H,28,32). The summed E-state index contributed by atoms with van der Waals surface area (Å²) in [5.74, 6) is -0.349. The molecule has 0 unspecified atom stereocenters. The van der Waals surface area contributed by atoms with Gasteiger partial charge in [-0.25, -0.2) is 9.37 Å². The molecule has 0 spiro atoms. The molecule has 4 aromatic rings. The predicted molar refractivity (Wildman–Crippen MR) is 138 cm³/mol. The van der Waals surface area contributed by atoms with E-state index in [2.05, 4.69) is 15.3 Å². The molecule has 8 nitrogen and oxygen atoms in total. The predicted octanol–water partition coefficient (Wildman–Crippen LogP) is 4.30. The Morgan fingerprint density at radius 1 is 1.28 bits per heavy atom. The molecule has 3 N–H and O–H groups in total. The fraction of sp³-hybridized carbons (Fsp3) is 0.346. The number of carbonyl (C=O) groups is 1. The lowest BCUT2D eigenvalue weighted by Gasteiger charge is -2.13. The Kier molecular flexibility index (Phi) is 6.76. The van der Waals surface area contributed by atoms with E-state index in [4.69, 9.17) is 4.74 Å². The number of benzene rings is 1. The highest BCUT2D eigenvalue weighted by Crippen LogP contribution is 2.42. The first-order valence-electron chi connectivity index (χ1n) is 11.5. The maximum atomic E-state index is 13.8. The zero-order valence-corrected chi connectivity index (χ0v) is 21.9. The van der Waals surface area contributed by atoms with Gasteiger partial charge in [0.1, 0.15) is 39.1 Å². The van der Waals surface area contributed by atoms with Crippen LogP contribution in [0.1, 0.15) is 53.0 Å². The topological polar surface area (TPSA) is 109 Å². The number of pyridine rings is 1. The van der Waals surface area contributed by atoms with Gasteiger partial charge in [-0.05, 0) is 69.5 Å². The molecule has 0 saturated carbocycles. The van der Waals surface area contributed by atoms with Crippen molar-refractivity contribution in [1.82, 2.24) is 19.9 Å². The number of rotatable bonds is 7. The van der Waals surface area contributed by atoms with E-state index in [9.17, 15) is 19.1 Å². The number of aliphatic hydroxyl groups is 1. The molecule has 1 aromatic carbocycles. The molecule has 1 amide bonds. The van der Waals surface area contributed by atoms with Gasteiger partial charge in [0, 0.05) is 30.7 Å². The Labute approximate surface area is 211 Å². The van der Waals surface area contributed by atoms with Crippen molar-refractivity contribution in [3.63, 3.8) is 0 Å². The molecule has 0 aliphatic rings. The Balaban J connectivity index is 1.87. The van der Waals surface area contributed by atoms with Gasteiger partial charge in [0.25, 0.3) is 11.5 Å². The molecule has 0 bridgehead atoms. The summed E-state index contributed by atoms with van der Waals surface area (Å²) in [6, 6.07) is 4.54. The molecule has 4 rings (SSSR count). The van der Waals surface area contributed by atoms with E-state index in [0.717, 1.165) is 16.7 Å². The first kappa shape index (κ1) is 25.6. The van der Waals surface area contributed by atoms with E-state index in [0.29, 0.717) is 27.4 Å². The summed E-state index contributed by atoms with van der Waals surface area (Å²) in [4.78, 5) is 33.4. The van der Waals surface area contributed by atoms with Gasteiger partial charge in [-0.2, -0.15) is 0 Å². The molecule has 10 heteroatoms. The third-order valence-corrected chi connectivity index (χ3v) is 7.31. The van der Waals surface area contributed by atoms with Crippen molar-refractivity contribution in [1.29, 1.82) is 0 Å². The fourth-order valence-electron chi connectivity index (χ4n) is 4.04. The summed E-state index contributed by atoms with van der Waals surface area (Å²) < 4.78 is 21.4. The van der Waals surface area contributed by atoms with Crippen molar-refractivity contribution in [3.05, 3.63) is 68.0 Å². The number of hydrogen-bond acceptors (Lipinski definition) is 6. The Hall–Kier alpha value is -3.50. The SMILES string of the molecule is CCNC(=O)c1cc2c(-c3sc(C(C)(C)O)nc3OCc3c(C)cc(F)cc3C)cn(C)c(=O)c2[nH]1. The highest BCUT2D eigenvalue weighted by atomic mass is 32.1. The molecular formula is C26H29FN4O4S. The van der Waals surface area contributed by atoms with Gasteiger partial charge < -0.3 is 24.7 Å². The summed E-state index contributed by atoms with van der Waals surface area (Å²) in [5, 5.41) is 14.4. The smallest absolute Gasteiger partial charge is 0.274 e. The number of nitrogens with one attached hydrogen (secondary N) is 2. The number of nitrogens with zero attached hydrogens (tertiary/aromatic N) is 2. The normalized spacial score (nSPS) is 11.8. The molecule has 0 saturated heterocycles. The Morgan fingerprint density at radius 2 is 1.94 bits per heavy atom. The van der Waals surface area contributed by atoms with Crippen LogP contribution in [0.3, 0.4) is 0 Å². The van der Waals surface area contributed by atoms with Crippen LogP contribution in [-0.4, -0.2) is 32.1 Å². The van der Waals surface area contributed by atoms with E-state index in [-0.39, 0.29) is 41.0 Å². The third kappa shape index (κ3) is 4.78. The molecule has 3 heterocycles. The second-order valence-corrected chi connectivity index (χ2v) is 10.3. The number of thiazole rings is 1. The number of ether oxygens (including phenoxy) is 1. The molecule has 0 fully saturated rings. The molecule has 0 atom stereocenters. The molecular weight excluding hydrogens is 483 g/mol. The Morgan fingerprint density at radius 3 is 2.56 bits per heavy atom. The number of aryl methyl sites for hydroxylation is 3. The second kappa shape index (κ2) is 9.51. The van der Waals surface area contributed by atoms with Crippen molar-refractivity contribution in [2.75, 3.05) is 6.54 Å². The molecule has 36 heavy (non-hydrogen) atoms. The number of amides is 1. The number of aromatic nitrogens is 3. The van der Waals surface area contributed by atoms with Crippen LogP contribution in [0.5, 0.6) is 5.88 Å². The number of carbonyl (C=O) groups excluding carboxylic acids is 1. The van der Waals surface area contributed by atoms with Crippen LogP contribution < -0.4 is 15.6 Å². The molecule has 190 valence electrons. The number of halogens is 1. The largest absolute Gasteiger partial charge is 0.472 e. The molecule has 0 aliphatic heterocycles. The van der Waals surface area contributed by atoms with Gasteiger partial charge >= 0.3 is 0 Å². The van der Waals surface area contributed by atoms with E-state index in [1.165, 1.54) is 28.0 Å². The van der Waals surface area contributed by atoms with Crippen LogP contribution in [0.4, 0.5) is 4.39 Å². The van der Waals surface area contributed by atoms with E-state index in [1.807, 2.05) is 20.8 Å². The minimum absolute atomic E-state index is 0.145. The van der Waals surface area contributed by atoms with E-state index in [1.54, 1.807) is 33.2 Å². The van der Waals surface area contributed by atoms with Gasteiger partial charge in [-0.3, -0.25) is 9.59 Å². The van der Waals surface area contributed by atoms with Crippen LogP contribution in [0, 0.1) is 19.7 Å². The first-order chi connectivity index (χ1) is 16.9. The van der Waals surface area contributed by atoms with Crippen LogP contribution in [0.25, 0.3) is 21.3 Å². The summed E-state index contributed by atoms with van der Waals surface area (Å²) in [5.41, 5.74) is 2.03. The molecule has 0 radical (unpaired) electrons. The lowest BCUT2D eigenvalue weighted by molar-refractivity contribution is 0.0775. The minimum Gasteiger partial charge on any atom is -0.472 e. The van der Waals surface area contributed by atoms with Crippen LogP contribution in [-0.2, 0) is 19.3 Å². The maximum Gasteiger partial charge on any atom is 0.274 e. The average molecular weight is 513 g/mol. The van der Waals surface area contributed by atoms with E-state index >= 15 is 0 Å². The fourth-order valence-corrected chi connectivity index (χ4v) is 5.07. The highest BCUT2D eigenvalue weighted by Gasteiger charge is 2.27. The van der Waals surface area contributed by atoms with Gasteiger partial charge in [0.15, 0.2) is 0 Å². The quantitative estimate of drug-likeness (QED) is 0.342. The van der Waals surface area contributed by atoms with Crippen LogP contribution in [0.15, 0.2) is 29.2 Å². The van der Waals surface area contributed by atoms with Crippen molar-refractivity contribution < 1.29 is 19.0 Å². The number of aromatic amines is 1. The summed E-state index contributed by atoms with van der Waals surface area (Å²) in [6.07, 6.45) is 1.67. The molecule has 3 aromatic heterocycles. The lowest BCUT2D eigenvalue weighted by atomic mass is 10.0. The van der Waals surface area contributed by atoms with Crippen LogP contribution >= 0.6 is 11.3 Å². The maximum absolute atomic E-state index is 13.8. The minimum atomic E-state index is -1.23. The molecule has 0 aliphatic carbocycles. The van der Waals surface area contributed by atoms with Gasteiger partial charge in [0.2, 0.25) is 5.88 Å². The van der Waals surface area contributed by atoms with Gasteiger partial charge in [0.05, 0.1) is 0 Å². The first-order valence-corrected chi connectivity index (χ1v) is 12.3. The zero-order chi connectivity index (χ0) is 26.4. The van der Waals surface area contributed by atoms with Gasteiger partial charge in [-0.1, -0.05) is 0 Å². The zero-order valence-electron chi connectivity index (χ0n) is 21.1. The van der Waals surface area contributed by atoms with Gasteiger partial charge in [-0.15, -0.1) is 11.3 Å². The lowest BCUT2D eigenvalue weighted by Crippen LogP contribution is -2.23. The second-order valence-electron chi connectivity index (χ2n) is 9.31. The summed E-state index contributed by atoms with van der Waals surface area (Å²) in [7, 11) is 1.63. The average Bonchev–Trinajstić information content (AvgIpc) is 3.41. The monoisotopic (exact) mass is 512 g/mol. The third-order valence-electron chi connectivity index (χ3n) is 5.92. The van der Waals surface area contributed by atoms with E-state index < -0.39 is 5.60 Å². The highest BCUT2D eigenvalue weighted by molar-refractivity contribution is 7.15. The van der Waals surface area contributed by atoms with Crippen molar-refractivity contribution in [3.8, 4) is 16.3 Å². The van der Waals surface area contributed by atoms with Crippen molar-refractivity contribution in [2.24, 2.45) is 7.05 Å². The number of H-pyrrole nitrogens is 1. The summed E-state index contributed by atoms with van der Waals surface area (Å²) in [6.45, 7) is 9.31. The number of fused-ring (bicyclic) bond motifs is 1. The van der Waals surface area contributed by atoms with Crippen molar-refractivity contribution in [2.45, 2.75) is 46.8 Å². The Bertz CT molecular complexity index is 1500. The van der Waals surface area contributed by atoms with Crippen LogP contribution in [0.2, 0.25) is 0 Å². The van der Waals surface area contributed by atoms with Crippen molar-refractivity contribution >= 4 is 28.1 Å². The number of hydrogen-bond donors (Lipinski definition) is 3.